The van der Waals surface area contributed by atoms with Crippen molar-refractivity contribution in [2.45, 2.75) is 78.6 Å². The monoisotopic (exact) mass is 820 g/mol. The van der Waals surface area contributed by atoms with Crippen molar-refractivity contribution in [1.29, 1.82) is 0 Å². The summed E-state index contributed by atoms with van der Waals surface area (Å²) in [6.45, 7) is 15.9. The summed E-state index contributed by atoms with van der Waals surface area (Å²) >= 11 is -0.766. The summed E-state index contributed by atoms with van der Waals surface area (Å²) in [6.07, 6.45) is 3.64. The molecule has 45 heavy (non-hydrogen) atoms. The maximum atomic E-state index is 6.37. The molecular formula is C41H46Cl2HfS-2. The zero-order valence-electron chi connectivity index (χ0n) is 27.8. The third-order valence-electron chi connectivity index (χ3n) is 7.93. The van der Waals surface area contributed by atoms with E-state index in [9.17, 15) is 0 Å². The van der Waals surface area contributed by atoms with Crippen molar-refractivity contribution in [3.05, 3.63) is 142 Å². The normalized spacial score (nSPS) is 11.5. The molecule has 0 fully saturated rings. The fourth-order valence-corrected chi connectivity index (χ4v) is 14.4. The second-order valence-electron chi connectivity index (χ2n) is 13.6. The molecule has 0 aliphatic heterocycles. The topological polar surface area (TPSA) is 0 Å². The minimum atomic E-state index is -2.62. The van der Waals surface area contributed by atoms with Crippen molar-refractivity contribution < 1.29 is 18.6 Å². The average molecular weight is 820 g/mol. The van der Waals surface area contributed by atoms with Crippen LogP contribution in [0.4, 0.5) is 0 Å². The largest absolute Gasteiger partial charge is 0.214 e. The van der Waals surface area contributed by atoms with E-state index >= 15 is 0 Å². The van der Waals surface area contributed by atoms with Gasteiger partial charge in [0.2, 0.25) is 0 Å². The number of thiophene rings is 1. The van der Waals surface area contributed by atoms with Crippen LogP contribution in [0.3, 0.4) is 0 Å². The van der Waals surface area contributed by atoms with Crippen LogP contribution in [-0.2, 0) is 35.8 Å². The summed E-state index contributed by atoms with van der Waals surface area (Å²) in [5.41, 5.74) is 4.41. The first-order chi connectivity index (χ1) is 21.4. The molecule has 0 saturated carbocycles. The zero-order chi connectivity index (χ0) is 32.6. The van der Waals surface area contributed by atoms with Crippen LogP contribution in [0.5, 0.6) is 0 Å². The van der Waals surface area contributed by atoms with Gasteiger partial charge in [0.1, 0.15) is 0 Å². The molecule has 0 N–H and O–H groups in total. The number of rotatable bonds is 5. The molecule has 1 heterocycles. The van der Waals surface area contributed by atoms with Crippen molar-refractivity contribution in [2.24, 2.45) is 0 Å². The Balaban J connectivity index is 0.000000178. The van der Waals surface area contributed by atoms with E-state index in [2.05, 4.69) is 115 Å². The van der Waals surface area contributed by atoms with Crippen molar-refractivity contribution >= 4 is 53.3 Å². The van der Waals surface area contributed by atoms with E-state index in [-0.39, 0.29) is 10.8 Å². The van der Waals surface area contributed by atoms with Crippen LogP contribution >= 0.6 is 28.5 Å². The molecule has 0 atom stereocenters. The van der Waals surface area contributed by atoms with Crippen LogP contribution in [0.1, 0.15) is 87.8 Å². The smallest absolute Gasteiger partial charge is 0.172 e. The molecule has 0 aliphatic rings. The van der Waals surface area contributed by atoms with Gasteiger partial charge in [-0.1, -0.05) is 76.9 Å². The van der Waals surface area contributed by atoms with E-state index in [1.807, 2.05) is 59.9 Å². The second-order valence-corrected chi connectivity index (χ2v) is 26.2. The summed E-state index contributed by atoms with van der Waals surface area (Å²) in [7, 11) is 12.7. The van der Waals surface area contributed by atoms with Crippen LogP contribution < -0.4 is 0 Å². The Morgan fingerprint density at radius 3 is 1.71 bits per heavy atom. The van der Waals surface area contributed by atoms with Crippen LogP contribution in [0.15, 0.2) is 115 Å². The number of aryl methyl sites for hydroxylation is 1. The molecule has 0 spiro atoms. The summed E-state index contributed by atoms with van der Waals surface area (Å²) in [6, 6.07) is 40.9. The Bertz CT molecular complexity index is 1720. The van der Waals surface area contributed by atoms with E-state index in [0.29, 0.717) is 0 Å². The molecule has 5 aromatic carbocycles. The van der Waals surface area contributed by atoms with Crippen LogP contribution in [0, 0.1) is 0 Å². The fraction of sp³-hybridized carbons (Fsp3) is 0.293. The van der Waals surface area contributed by atoms with E-state index in [4.69, 9.17) is 17.2 Å². The Labute approximate surface area is 289 Å². The van der Waals surface area contributed by atoms with Gasteiger partial charge in [-0.2, -0.15) is 18.2 Å². The van der Waals surface area contributed by atoms with Gasteiger partial charge in [0.05, 0.1) is 0 Å². The number of hydrogen-bond donors (Lipinski definition) is 0. The van der Waals surface area contributed by atoms with Gasteiger partial charge in [0, 0.05) is 0 Å². The number of benzene rings is 3. The molecule has 6 aromatic rings. The van der Waals surface area contributed by atoms with Gasteiger partial charge in [0.15, 0.2) is 0 Å². The number of unbranched alkanes of at least 4 members (excludes halogenated alkanes) is 1. The number of hydrogen-bond acceptors (Lipinski definition) is 1. The first-order valence-corrected chi connectivity index (χ1v) is 27.4. The fourth-order valence-electron chi connectivity index (χ4n) is 5.22. The number of fused-ring (bicyclic) bond motifs is 3. The molecule has 0 bridgehead atoms. The minimum Gasteiger partial charge on any atom is -0.214 e. The molecule has 236 valence electrons. The van der Waals surface area contributed by atoms with Crippen LogP contribution in [0.2, 0.25) is 0 Å². The first-order valence-electron chi connectivity index (χ1n) is 15.9. The molecule has 0 amide bonds. The molecule has 0 nitrogen and oxygen atoms in total. The quantitative estimate of drug-likeness (QED) is 0.120. The molecule has 0 saturated heterocycles. The van der Waals surface area contributed by atoms with Crippen LogP contribution in [-0.4, -0.2) is 3.26 Å². The molecule has 0 radical (unpaired) electrons. The van der Waals surface area contributed by atoms with Gasteiger partial charge in [-0.3, -0.25) is 0 Å². The van der Waals surface area contributed by atoms with E-state index in [1.165, 1.54) is 64.1 Å². The van der Waals surface area contributed by atoms with Gasteiger partial charge in [0.25, 0.3) is 0 Å². The Hall–Kier alpha value is -2.10. The minimum absolute atomic E-state index is 0.203. The molecule has 0 aliphatic carbocycles. The van der Waals surface area contributed by atoms with Gasteiger partial charge >= 0.3 is 134 Å². The SMILES string of the molecule is CC(C)(C)c1ccc2c(c1)[cH-]c1cc(C(C)(C)C)ccc12.CCCCc1ccc([C](c2ccccc2)=[Hf]([Cl])[Cl])s1.c1cc[cH-]c1. The first kappa shape index (κ1) is 35.7. The maximum absolute atomic E-state index is 6.37. The van der Waals surface area contributed by atoms with Gasteiger partial charge in [-0.15, -0.1) is 39.7 Å². The van der Waals surface area contributed by atoms with Gasteiger partial charge < -0.3 is 0 Å². The van der Waals surface area contributed by atoms with E-state index < -0.39 is 18.6 Å². The van der Waals surface area contributed by atoms with Crippen molar-refractivity contribution in [2.75, 3.05) is 0 Å². The summed E-state index contributed by atoms with van der Waals surface area (Å²) in [5, 5.41) is 5.48. The standard InChI is InChI=1S/C21H25.C15H16S.C5H5.2ClH.Hf/c1-20(2,3)16-7-9-18-14(12-16)11-15-13-17(21(4,5)6)8-10-19(15)18;1-2-3-9-14-10-11-15(16-14)12-13-7-5-4-6-8-13;1-2-4-5-3-1;;;/h7-13H,1-6H3;4-8,10-11H,2-3,9H2,1H3;1-5H;2*1H;/q-1;;-1;;;+2/p-2. The van der Waals surface area contributed by atoms with Gasteiger partial charge in [-0.05, 0) is 10.8 Å². The number of halogens is 2. The predicted molar refractivity (Wildman–Crippen MR) is 201 cm³/mol. The summed E-state index contributed by atoms with van der Waals surface area (Å²) in [5.74, 6) is 0. The van der Waals surface area contributed by atoms with Gasteiger partial charge in [-0.25, -0.2) is 12.1 Å². The third kappa shape index (κ3) is 9.94. The average Bonchev–Trinajstić information content (AvgIpc) is 3.78. The van der Waals surface area contributed by atoms with E-state index in [0.717, 1.165) is 6.42 Å². The summed E-state index contributed by atoms with van der Waals surface area (Å²) in [4.78, 5) is 2.70. The molecular weight excluding hydrogens is 774 g/mol. The second kappa shape index (κ2) is 16.1. The molecule has 1 aromatic heterocycles. The van der Waals surface area contributed by atoms with Crippen molar-refractivity contribution in [3.8, 4) is 0 Å². The third-order valence-corrected chi connectivity index (χ3v) is 16.2. The Morgan fingerprint density at radius 1 is 0.711 bits per heavy atom. The molecule has 0 unspecified atom stereocenters. The predicted octanol–water partition coefficient (Wildman–Crippen LogP) is 13.3. The van der Waals surface area contributed by atoms with E-state index in [1.54, 1.807) is 0 Å². The zero-order valence-corrected chi connectivity index (χ0v) is 33.7. The summed E-state index contributed by atoms with van der Waals surface area (Å²) < 4.78 is 1.22. The Morgan fingerprint density at radius 2 is 1.27 bits per heavy atom. The van der Waals surface area contributed by atoms with Crippen molar-refractivity contribution in [3.63, 3.8) is 0 Å². The van der Waals surface area contributed by atoms with Crippen LogP contribution in [0.25, 0.3) is 21.5 Å². The molecule has 4 heteroatoms. The van der Waals surface area contributed by atoms with Crippen molar-refractivity contribution in [1.82, 2.24) is 0 Å². The molecule has 6 rings (SSSR count). The maximum Gasteiger partial charge on any atom is -0.172 e. The Kier molecular flexibility index (Phi) is 12.8.